The van der Waals surface area contributed by atoms with E-state index in [1.54, 1.807) is 6.92 Å². The fourth-order valence-corrected chi connectivity index (χ4v) is 2.03. The van der Waals surface area contributed by atoms with Gasteiger partial charge in [-0.1, -0.05) is 0 Å². The highest BCUT2D eigenvalue weighted by Gasteiger charge is 2.15. The zero-order valence-electron chi connectivity index (χ0n) is 9.14. The molecule has 0 aliphatic heterocycles. The lowest BCUT2D eigenvalue weighted by Gasteiger charge is -2.06. The van der Waals surface area contributed by atoms with Crippen molar-refractivity contribution in [2.75, 3.05) is 13.2 Å². The number of hydrogen-bond acceptors (Lipinski definition) is 4. The van der Waals surface area contributed by atoms with E-state index in [9.17, 15) is 17.6 Å². The number of rotatable bonds is 5. The molecule has 17 heavy (non-hydrogen) atoms. The topological polar surface area (TPSA) is 72.5 Å². The minimum Gasteiger partial charge on any atom is -0.465 e. The standard InChI is InChI=1S/C10H12FNO4S/c1-2-16-10(13)7-12-17(14,15)9-5-3-8(11)4-6-9/h3-6,12H,2,7H2,1H3. The molecule has 0 bridgehead atoms. The van der Waals surface area contributed by atoms with Crippen LogP contribution in [0.15, 0.2) is 29.2 Å². The maximum Gasteiger partial charge on any atom is 0.321 e. The predicted molar refractivity (Wildman–Crippen MR) is 58.2 cm³/mol. The summed E-state index contributed by atoms with van der Waals surface area (Å²) in [5.74, 6) is -1.20. The van der Waals surface area contributed by atoms with E-state index < -0.39 is 28.4 Å². The van der Waals surface area contributed by atoms with Crippen molar-refractivity contribution >= 4 is 16.0 Å². The molecule has 0 aromatic heterocycles. The molecule has 0 spiro atoms. The van der Waals surface area contributed by atoms with E-state index in [1.807, 2.05) is 0 Å². The van der Waals surface area contributed by atoms with E-state index in [0.29, 0.717) is 0 Å². The van der Waals surface area contributed by atoms with Crippen LogP contribution in [0.25, 0.3) is 0 Å². The molecule has 0 aliphatic carbocycles. The first-order chi connectivity index (χ1) is 7.95. The van der Waals surface area contributed by atoms with Gasteiger partial charge in [0.15, 0.2) is 0 Å². The molecule has 5 nitrogen and oxygen atoms in total. The van der Waals surface area contributed by atoms with Crippen LogP contribution < -0.4 is 4.72 Å². The SMILES string of the molecule is CCOC(=O)CNS(=O)(=O)c1ccc(F)cc1. The van der Waals surface area contributed by atoms with Crippen LogP contribution in [0.1, 0.15) is 6.92 Å². The second-order valence-electron chi connectivity index (χ2n) is 3.08. The molecule has 0 fully saturated rings. The van der Waals surface area contributed by atoms with Gasteiger partial charge in [-0.3, -0.25) is 4.79 Å². The zero-order chi connectivity index (χ0) is 12.9. The Kier molecular flexibility index (Phi) is 4.59. The van der Waals surface area contributed by atoms with Gasteiger partial charge in [0.2, 0.25) is 10.0 Å². The summed E-state index contributed by atoms with van der Waals surface area (Å²) in [5.41, 5.74) is 0. The Hall–Kier alpha value is -1.47. The van der Waals surface area contributed by atoms with Gasteiger partial charge in [0.1, 0.15) is 12.4 Å². The normalized spacial score (nSPS) is 11.2. The van der Waals surface area contributed by atoms with Gasteiger partial charge >= 0.3 is 5.97 Å². The maximum atomic E-state index is 12.6. The first-order valence-corrected chi connectivity index (χ1v) is 6.35. The van der Waals surface area contributed by atoms with E-state index in [-0.39, 0.29) is 11.5 Å². The molecule has 0 amide bonds. The van der Waals surface area contributed by atoms with Crippen molar-refractivity contribution in [1.29, 1.82) is 0 Å². The van der Waals surface area contributed by atoms with Crippen molar-refractivity contribution in [3.05, 3.63) is 30.1 Å². The second-order valence-corrected chi connectivity index (χ2v) is 4.85. The molecule has 7 heteroatoms. The number of ether oxygens (including phenoxy) is 1. The molecule has 1 N–H and O–H groups in total. The first-order valence-electron chi connectivity index (χ1n) is 4.86. The molecule has 1 aromatic rings. The van der Waals surface area contributed by atoms with Crippen molar-refractivity contribution in [3.63, 3.8) is 0 Å². The van der Waals surface area contributed by atoms with Crippen LogP contribution in [0.3, 0.4) is 0 Å². The molecule has 0 heterocycles. The molecule has 0 radical (unpaired) electrons. The Balaban J connectivity index is 2.69. The van der Waals surface area contributed by atoms with Crippen LogP contribution in [-0.2, 0) is 19.6 Å². The summed E-state index contributed by atoms with van der Waals surface area (Å²) in [5, 5.41) is 0. The van der Waals surface area contributed by atoms with Gasteiger partial charge in [0.05, 0.1) is 11.5 Å². The van der Waals surface area contributed by atoms with Crippen LogP contribution in [0.5, 0.6) is 0 Å². The van der Waals surface area contributed by atoms with Crippen LogP contribution in [0, 0.1) is 5.82 Å². The zero-order valence-corrected chi connectivity index (χ0v) is 9.96. The number of hydrogen-bond donors (Lipinski definition) is 1. The van der Waals surface area contributed by atoms with Crippen molar-refractivity contribution in [3.8, 4) is 0 Å². The smallest absolute Gasteiger partial charge is 0.321 e. The average molecular weight is 261 g/mol. The molecule has 0 aliphatic rings. The van der Waals surface area contributed by atoms with E-state index >= 15 is 0 Å². The minimum absolute atomic E-state index is 0.108. The van der Waals surface area contributed by atoms with Crippen molar-refractivity contribution in [1.82, 2.24) is 4.72 Å². The minimum atomic E-state index is -3.81. The Morgan fingerprint density at radius 3 is 2.47 bits per heavy atom. The Morgan fingerprint density at radius 2 is 1.94 bits per heavy atom. The summed E-state index contributed by atoms with van der Waals surface area (Å²) in [6.07, 6.45) is 0. The van der Waals surface area contributed by atoms with Gasteiger partial charge in [-0.15, -0.1) is 0 Å². The Labute approximate surface area is 98.6 Å². The Bertz CT molecular complexity index is 484. The lowest BCUT2D eigenvalue weighted by atomic mass is 10.4. The number of sulfonamides is 1. The van der Waals surface area contributed by atoms with Gasteiger partial charge < -0.3 is 4.74 Å². The van der Waals surface area contributed by atoms with Crippen LogP contribution in [0.4, 0.5) is 4.39 Å². The fraction of sp³-hybridized carbons (Fsp3) is 0.300. The van der Waals surface area contributed by atoms with Gasteiger partial charge in [-0.05, 0) is 31.2 Å². The van der Waals surface area contributed by atoms with Gasteiger partial charge in [0, 0.05) is 0 Å². The highest BCUT2D eigenvalue weighted by Crippen LogP contribution is 2.09. The molecule has 1 rings (SSSR count). The number of halogens is 1. The summed E-state index contributed by atoms with van der Waals surface area (Å²) in [6, 6.07) is 4.28. The maximum absolute atomic E-state index is 12.6. The highest BCUT2D eigenvalue weighted by atomic mass is 32.2. The van der Waals surface area contributed by atoms with Crippen molar-refractivity contribution < 1.29 is 22.3 Å². The lowest BCUT2D eigenvalue weighted by molar-refractivity contribution is -0.141. The quantitative estimate of drug-likeness (QED) is 0.791. The van der Waals surface area contributed by atoms with E-state index in [0.717, 1.165) is 24.3 Å². The third-order valence-electron chi connectivity index (χ3n) is 1.84. The van der Waals surface area contributed by atoms with Crippen LogP contribution in [-0.4, -0.2) is 27.5 Å². The van der Waals surface area contributed by atoms with Gasteiger partial charge in [-0.25, -0.2) is 12.8 Å². The van der Waals surface area contributed by atoms with E-state index in [1.165, 1.54) is 0 Å². The van der Waals surface area contributed by atoms with Crippen molar-refractivity contribution in [2.45, 2.75) is 11.8 Å². The van der Waals surface area contributed by atoms with Gasteiger partial charge in [-0.2, -0.15) is 4.72 Å². The third-order valence-corrected chi connectivity index (χ3v) is 3.25. The van der Waals surface area contributed by atoms with Gasteiger partial charge in [0.25, 0.3) is 0 Å². The average Bonchev–Trinajstić information content (AvgIpc) is 2.28. The second kappa shape index (κ2) is 5.74. The Morgan fingerprint density at radius 1 is 1.35 bits per heavy atom. The molecule has 0 unspecified atom stereocenters. The fourth-order valence-electron chi connectivity index (χ4n) is 1.06. The molecule has 0 saturated heterocycles. The molecule has 1 aromatic carbocycles. The number of carbonyl (C=O) groups is 1. The first kappa shape index (κ1) is 13.6. The van der Waals surface area contributed by atoms with Crippen LogP contribution >= 0.6 is 0 Å². The molecular weight excluding hydrogens is 249 g/mol. The summed E-state index contributed by atoms with van der Waals surface area (Å²) >= 11 is 0. The molecule has 94 valence electrons. The predicted octanol–water partition coefficient (Wildman–Crippen LogP) is 0.667. The van der Waals surface area contributed by atoms with Crippen molar-refractivity contribution in [2.24, 2.45) is 0 Å². The largest absolute Gasteiger partial charge is 0.465 e. The molecular formula is C10H12FNO4S. The molecule has 0 saturated carbocycles. The van der Waals surface area contributed by atoms with E-state index in [4.69, 9.17) is 0 Å². The third kappa shape index (κ3) is 4.12. The number of esters is 1. The number of benzene rings is 1. The monoisotopic (exact) mass is 261 g/mol. The number of carbonyl (C=O) groups excluding carboxylic acids is 1. The van der Waals surface area contributed by atoms with Crippen LogP contribution in [0.2, 0.25) is 0 Å². The summed E-state index contributed by atoms with van der Waals surface area (Å²) in [4.78, 5) is 10.9. The van der Waals surface area contributed by atoms with E-state index in [2.05, 4.69) is 9.46 Å². The highest BCUT2D eigenvalue weighted by molar-refractivity contribution is 7.89. The summed E-state index contributed by atoms with van der Waals surface area (Å²) < 4.78 is 42.4. The summed E-state index contributed by atoms with van der Waals surface area (Å²) in [7, 11) is -3.81. The lowest BCUT2D eigenvalue weighted by Crippen LogP contribution is -2.30. The molecule has 0 atom stereocenters. The number of nitrogens with one attached hydrogen (secondary N) is 1. The summed E-state index contributed by atoms with van der Waals surface area (Å²) in [6.45, 7) is 1.34.